The lowest BCUT2D eigenvalue weighted by atomic mass is 10.3. The molecule has 1 fully saturated rings. The second kappa shape index (κ2) is 8.16. The maximum absolute atomic E-state index is 12.9. The maximum atomic E-state index is 12.9. The van der Waals surface area contributed by atoms with Crippen LogP contribution in [0.5, 0.6) is 0 Å². The maximum Gasteiger partial charge on any atom is 0.417 e. The van der Waals surface area contributed by atoms with Crippen LogP contribution in [0.4, 0.5) is 13.2 Å². The zero-order chi connectivity index (χ0) is 17.3. The number of hydrogen-bond donors (Lipinski definition) is 1. The van der Waals surface area contributed by atoms with E-state index >= 15 is 0 Å². The number of pyridine rings is 1. The minimum Gasteiger partial charge on any atom is -0.370 e. The molecule has 0 amide bonds. The Bertz CT molecular complexity index is 775. The van der Waals surface area contributed by atoms with Crippen LogP contribution < -0.4 is 5.73 Å². The molecule has 1 aliphatic heterocycles. The van der Waals surface area contributed by atoms with E-state index in [9.17, 15) is 13.2 Å². The molecule has 1 aliphatic rings. The van der Waals surface area contributed by atoms with Crippen LogP contribution >= 0.6 is 47.3 Å². The molecule has 3 heterocycles. The summed E-state index contributed by atoms with van der Waals surface area (Å²) in [5.74, 6) is 2.53. The summed E-state index contributed by atoms with van der Waals surface area (Å²) in [6, 6.07) is 0.832. The number of hydrogen-bond acceptors (Lipinski definition) is 4. The zero-order valence-electron chi connectivity index (χ0n) is 12.8. The van der Waals surface area contributed by atoms with Crippen molar-refractivity contribution in [1.29, 1.82) is 0 Å². The van der Waals surface area contributed by atoms with E-state index in [1.54, 1.807) is 0 Å². The molecule has 12 heteroatoms. The summed E-state index contributed by atoms with van der Waals surface area (Å²) in [5, 5.41) is 7.57. The molecule has 0 saturated carbocycles. The molecule has 2 N–H and O–H groups in total. The lowest BCUT2D eigenvalue weighted by Gasteiger charge is -2.27. The third-order valence-electron chi connectivity index (χ3n) is 3.58. The predicted molar refractivity (Wildman–Crippen MR) is 103 cm³/mol. The number of guanidine groups is 1. The van der Waals surface area contributed by atoms with Crippen LogP contribution in [0.25, 0.3) is 5.65 Å². The first-order valence-corrected chi connectivity index (χ1v) is 8.62. The molecular weight excluding hydrogens is 492 g/mol. The van der Waals surface area contributed by atoms with Crippen molar-refractivity contribution in [2.45, 2.75) is 12.7 Å². The first-order valence-electron chi connectivity index (χ1n) is 7.09. The smallest absolute Gasteiger partial charge is 0.370 e. The lowest BCUT2D eigenvalue weighted by molar-refractivity contribution is -0.137. The minimum atomic E-state index is -4.51. The molecule has 0 aliphatic carbocycles. The van der Waals surface area contributed by atoms with Gasteiger partial charge in [0, 0.05) is 30.8 Å². The molecule has 1 saturated heterocycles. The van der Waals surface area contributed by atoms with Gasteiger partial charge >= 0.3 is 6.18 Å². The molecule has 0 unspecified atom stereocenters. The van der Waals surface area contributed by atoms with Crippen LogP contribution in [-0.4, -0.2) is 50.1 Å². The molecule has 0 aromatic carbocycles. The first-order chi connectivity index (χ1) is 11.4. The molecule has 3 rings (SSSR count). The topological polar surface area (TPSA) is 71.8 Å². The number of aliphatic imine (C=N–C) groups is 1. The Balaban J connectivity index is 0.00000225. The van der Waals surface area contributed by atoms with E-state index in [2.05, 4.69) is 15.2 Å². The van der Waals surface area contributed by atoms with E-state index in [4.69, 9.17) is 17.3 Å². The van der Waals surface area contributed by atoms with Crippen LogP contribution in [0.2, 0.25) is 5.02 Å². The van der Waals surface area contributed by atoms with E-state index in [-0.39, 0.29) is 47.0 Å². The summed E-state index contributed by atoms with van der Waals surface area (Å²) in [6.45, 7) is 1.61. The Hall–Kier alpha value is -0.950. The highest BCUT2D eigenvalue weighted by Gasteiger charge is 2.32. The zero-order valence-corrected chi connectivity index (χ0v) is 16.7. The number of aromatic nitrogens is 3. The Kier molecular flexibility index (Phi) is 6.65. The molecule has 2 aromatic heterocycles. The molecule has 0 bridgehead atoms. The number of nitrogens with zero attached hydrogens (tertiary/aromatic N) is 5. The molecule has 2 aromatic rings. The van der Waals surface area contributed by atoms with Crippen LogP contribution in [0.3, 0.4) is 0 Å². The average molecular weight is 507 g/mol. The molecule has 0 radical (unpaired) electrons. The summed E-state index contributed by atoms with van der Waals surface area (Å²) >= 11 is 7.71. The molecule has 138 valence electrons. The lowest BCUT2D eigenvalue weighted by Crippen LogP contribution is -2.42. The van der Waals surface area contributed by atoms with Crippen LogP contribution in [0, 0.1) is 0 Å². The SMILES string of the molecule is I.NC(=NCc1nnc2c(Cl)cc(C(F)(F)F)cn12)N1CCSCC1. The van der Waals surface area contributed by atoms with E-state index in [0.29, 0.717) is 5.96 Å². The van der Waals surface area contributed by atoms with Crippen LogP contribution in [-0.2, 0) is 12.7 Å². The second-order valence-electron chi connectivity index (χ2n) is 5.16. The third kappa shape index (κ3) is 4.61. The van der Waals surface area contributed by atoms with Crippen molar-refractivity contribution in [2.24, 2.45) is 10.7 Å². The summed E-state index contributed by atoms with van der Waals surface area (Å²) < 4.78 is 40.0. The van der Waals surface area contributed by atoms with E-state index < -0.39 is 11.7 Å². The highest BCUT2D eigenvalue weighted by Crippen LogP contribution is 2.32. The van der Waals surface area contributed by atoms with Gasteiger partial charge in [-0.2, -0.15) is 24.9 Å². The van der Waals surface area contributed by atoms with Gasteiger partial charge in [-0.25, -0.2) is 4.99 Å². The highest BCUT2D eigenvalue weighted by molar-refractivity contribution is 14.0. The number of thioether (sulfide) groups is 1. The van der Waals surface area contributed by atoms with E-state index in [1.807, 2.05) is 16.7 Å². The fourth-order valence-electron chi connectivity index (χ4n) is 2.31. The van der Waals surface area contributed by atoms with Gasteiger partial charge in [0.25, 0.3) is 0 Å². The number of nitrogens with two attached hydrogens (primary N) is 1. The number of alkyl halides is 3. The molecule has 6 nitrogen and oxygen atoms in total. The van der Waals surface area contributed by atoms with Gasteiger partial charge in [0.2, 0.25) is 0 Å². The highest BCUT2D eigenvalue weighted by atomic mass is 127. The molecule has 0 spiro atoms. The number of halogens is 5. The summed E-state index contributed by atoms with van der Waals surface area (Å²) in [7, 11) is 0. The van der Waals surface area contributed by atoms with Gasteiger partial charge in [0.05, 0.1) is 10.6 Å². The van der Waals surface area contributed by atoms with E-state index in [1.165, 1.54) is 4.40 Å². The van der Waals surface area contributed by atoms with Crippen molar-refractivity contribution in [3.8, 4) is 0 Å². The van der Waals surface area contributed by atoms with Crippen molar-refractivity contribution in [3.63, 3.8) is 0 Å². The standard InChI is InChI=1S/C13H14ClF3N6S.HI/c14-9-5-8(13(15,16)17)7-23-10(20-21-11(9)23)6-19-12(18)22-1-3-24-4-2-22;/h5,7H,1-4,6H2,(H2,18,19);1H. The average Bonchev–Trinajstić information content (AvgIpc) is 2.96. The number of rotatable bonds is 2. The minimum absolute atomic E-state index is 0. The Morgan fingerprint density at radius 1 is 1.32 bits per heavy atom. The normalized spacial score (nSPS) is 16.2. The van der Waals surface area contributed by atoms with Gasteiger partial charge in [-0.15, -0.1) is 34.2 Å². The van der Waals surface area contributed by atoms with Gasteiger partial charge in [-0.3, -0.25) is 4.40 Å². The summed E-state index contributed by atoms with van der Waals surface area (Å²) in [6.07, 6.45) is -3.59. The summed E-state index contributed by atoms with van der Waals surface area (Å²) in [4.78, 5) is 6.16. The summed E-state index contributed by atoms with van der Waals surface area (Å²) in [5.41, 5.74) is 5.23. The quantitative estimate of drug-likeness (QED) is 0.385. The van der Waals surface area contributed by atoms with Gasteiger partial charge in [0.15, 0.2) is 17.4 Å². The van der Waals surface area contributed by atoms with Crippen LogP contribution in [0.15, 0.2) is 17.3 Å². The largest absolute Gasteiger partial charge is 0.417 e. The Morgan fingerprint density at radius 2 is 2.00 bits per heavy atom. The Morgan fingerprint density at radius 3 is 2.64 bits per heavy atom. The van der Waals surface area contributed by atoms with Crippen molar-refractivity contribution >= 4 is 58.9 Å². The van der Waals surface area contributed by atoms with Crippen molar-refractivity contribution in [2.75, 3.05) is 24.6 Å². The Labute approximate surface area is 168 Å². The predicted octanol–water partition coefficient (Wildman–Crippen LogP) is 2.88. The third-order valence-corrected chi connectivity index (χ3v) is 4.80. The number of fused-ring (bicyclic) bond motifs is 1. The fourth-order valence-corrected chi connectivity index (χ4v) is 3.46. The van der Waals surface area contributed by atoms with Gasteiger partial charge in [0.1, 0.15) is 6.54 Å². The fraction of sp³-hybridized carbons (Fsp3) is 0.462. The van der Waals surface area contributed by atoms with Crippen molar-refractivity contribution in [3.05, 3.63) is 28.7 Å². The first kappa shape index (κ1) is 20.4. The van der Waals surface area contributed by atoms with Gasteiger partial charge in [-0.1, -0.05) is 11.6 Å². The van der Waals surface area contributed by atoms with Crippen LogP contribution in [0.1, 0.15) is 11.4 Å². The van der Waals surface area contributed by atoms with E-state index in [0.717, 1.165) is 36.9 Å². The molecular formula is C13H15ClF3IN6S. The van der Waals surface area contributed by atoms with Gasteiger partial charge < -0.3 is 10.6 Å². The van der Waals surface area contributed by atoms with Crippen molar-refractivity contribution < 1.29 is 13.2 Å². The molecule has 25 heavy (non-hydrogen) atoms. The second-order valence-corrected chi connectivity index (χ2v) is 6.79. The van der Waals surface area contributed by atoms with Gasteiger partial charge in [-0.05, 0) is 6.07 Å². The monoisotopic (exact) mass is 506 g/mol. The van der Waals surface area contributed by atoms with Crippen molar-refractivity contribution in [1.82, 2.24) is 19.5 Å². The molecule has 0 atom stereocenters.